The molecule has 114 valence electrons. The second-order valence-corrected chi connectivity index (χ2v) is 4.85. The minimum atomic E-state index is -0.589. The van der Waals surface area contributed by atoms with Crippen LogP contribution in [0.1, 0.15) is 12.5 Å². The van der Waals surface area contributed by atoms with Crippen molar-refractivity contribution in [1.29, 1.82) is 0 Å². The lowest BCUT2D eigenvalue weighted by Gasteiger charge is -2.27. The molecular weight excluding hydrogens is 272 g/mol. The first-order chi connectivity index (χ1) is 10.0. The maximum Gasteiger partial charge on any atom is 0.363 e. The van der Waals surface area contributed by atoms with Gasteiger partial charge < -0.3 is 14.7 Å². The third-order valence-corrected chi connectivity index (χ3v) is 3.25. The second-order valence-electron chi connectivity index (χ2n) is 4.85. The van der Waals surface area contributed by atoms with Crippen LogP contribution >= 0.6 is 0 Å². The zero-order valence-electron chi connectivity index (χ0n) is 12.4. The van der Waals surface area contributed by atoms with Gasteiger partial charge in [-0.1, -0.05) is 30.3 Å². The van der Waals surface area contributed by atoms with Gasteiger partial charge in [0.2, 0.25) is 0 Å². The molecule has 1 N–H and O–H groups in total. The van der Waals surface area contributed by atoms with Gasteiger partial charge in [0.15, 0.2) is 5.57 Å². The summed E-state index contributed by atoms with van der Waals surface area (Å²) < 4.78 is 5.06. The average Bonchev–Trinajstić information content (AvgIpc) is 2.75. The van der Waals surface area contributed by atoms with Crippen molar-refractivity contribution >= 4 is 5.97 Å². The van der Waals surface area contributed by atoms with Gasteiger partial charge in [0, 0.05) is 13.6 Å². The van der Waals surface area contributed by atoms with Crippen molar-refractivity contribution in [2.45, 2.75) is 19.6 Å². The highest BCUT2D eigenvalue weighted by Gasteiger charge is 2.42. The Hall–Kier alpha value is -2.05. The van der Waals surface area contributed by atoms with E-state index in [2.05, 4.69) is 0 Å². The largest absolute Gasteiger partial charge is 0.481 e. The molecule has 1 saturated heterocycles. The number of aliphatic hydroxyl groups is 1. The van der Waals surface area contributed by atoms with Crippen molar-refractivity contribution < 1.29 is 19.5 Å². The Balaban J connectivity index is 2.22. The molecule has 1 aromatic carbocycles. The lowest BCUT2D eigenvalue weighted by atomic mass is 10.1. The van der Waals surface area contributed by atoms with Crippen molar-refractivity contribution in [3.63, 3.8) is 0 Å². The number of hydrogen-bond donors (Lipinski definition) is 1. The van der Waals surface area contributed by atoms with Crippen molar-refractivity contribution in [2.24, 2.45) is 0 Å². The second kappa shape index (κ2) is 6.60. The fourth-order valence-electron chi connectivity index (χ4n) is 2.39. The van der Waals surface area contributed by atoms with E-state index in [-0.39, 0.29) is 18.1 Å². The maximum atomic E-state index is 11.9. The molecule has 1 heterocycles. The summed E-state index contributed by atoms with van der Waals surface area (Å²) in [5.74, 6) is -0.967. The van der Waals surface area contributed by atoms with Gasteiger partial charge in [0.05, 0.1) is 6.61 Å². The standard InChI is InChI=1S/C15H20N2O4/c1-4-20-14(18)12-13(17(3)21-15(12)19)16(2)10-11-8-6-5-7-9-11/h5-9,13,18H,4,10H2,1-3H3/b14-12-. The number of rotatable bonds is 5. The van der Waals surface area contributed by atoms with E-state index in [1.54, 1.807) is 14.0 Å². The molecule has 21 heavy (non-hydrogen) atoms. The van der Waals surface area contributed by atoms with Crippen LogP contribution in [-0.4, -0.2) is 47.9 Å². The molecule has 1 aliphatic heterocycles. The predicted octanol–water partition coefficient (Wildman–Crippen LogP) is 1.65. The van der Waals surface area contributed by atoms with Gasteiger partial charge in [-0.15, -0.1) is 5.06 Å². The Morgan fingerprint density at radius 1 is 1.43 bits per heavy atom. The van der Waals surface area contributed by atoms with Crippen LogP contribution in [0, 0.1) is 0 Å². The van der Waals surface area contributed by atoms with E-state index in [0.29, 0.717) is 6.54 Å². The summed E-state index contributed by atoms with van der Waals surface area (Å²) in [5.41, 5.74) is 1.22. The van der Waals surface area contributed by atoms with Gasteiger partial charge in [-0.05, 0) is 19.5 Å². The molecule has 6 nitrogen and oxygen atoms in total. The van der Waals surface area contributed by atoms with Crippen LogP contribution in [0.25, 0.3) is 0 Å². The van der Waals surface area contributed by atoms with Gasteiger partial charge in [-0.25, -0.2) is 4.79 Å². The quantitative estimate of drug-likeness (QED) is 0.658. The van der Waals surface area contributed by atoms with Crippen LogP contribution in [0.3, 0.4) is 0 Å². The van der Waals surface area contributed by atoms with Crippen LogP contribution in [0.4, 0.5) is 0 Å². The van der Waals surface area contributed by atoms with E-state index in [9.17, 15) is 9.90 Å². The van der Waals surface area contributed by atoms with Gasteiger partial charge in [0.25, 0.3) is 5.95 Å². The summed E-state index contributed by atoms with van der Waals surface area (Å²) in [6, 6.07) is 9.86. The molecule has 0 saturated carbocycles. The van der Waals surface area contributed by atoms with Crippen LogP contribution < -0.4 is 0 Å². The highest BCUT2D eigenvalue weighted by molar-refractivity contribution is 5.91. The van der Waals surface area contributed by atoms with Crippen molar-refractivity contribution in [3.05, 3.63) is 47.4 Å². The van der Waals surface area contributed by atoms with Crippen LogP contribution in [0.15, 0.2) is 41.9 Å². The Labute approximate surface area is 124 Å². The number of carbonyl (C=O) groups is 1. The maximum absolute atomic E-state index is 11.9. The summed E-state index contributed by atoms with van der Waals surface area (Å²) in [6.07, 6.45) is -0.496. The molecule has 0 bridgehead atoms. The summed E-state index contributed by atoms with van der Waals surface area (Å²) in [4.78, 5) is 18.9. The third kappa shape index (κ3) is 3.34. The molecule has 1 aliphatic rings. The first kappa shape index (κ1) is 15.3. The molecular formula is C15H20N2O4. The fraction of sp³-hybridized carbons (Fsp3) is 0.400. The predicted molar refractivity (Wildman–Crippen MR) is 76.8 cm³/mol. The molecule has 1 atom stereocenters. The number of nitrogens with zero attached hydrogens (tertiary/aromatic N) is 2. The molecule has 2 rings (SSSR count). The Kier molecular flexibility index (Phi) is 4.82. The minimum absolute atomic E-state index is 0.123. The van der Waals surface area contributed by atoms with E-state index in [1.807, 2.05) is 42.3 Å². The fourth-order valence-corrected chi connectivity index (χ4v) is 2.39. The van der Waals surface area contributed by atoms with Gasteiger partial charge in [0.1, 0.15) is 6.17 Å². The van der Waals surface area contributed by atoms with E-state index in [0.717, 1.165) is 5.56 Å². The highest BCUT2D eigenvalue weighted by Crippen LogP contribution is 2.26. The van der Waals surface area contributed by atoms with Crippen LogP contribution in [0.5, 0.6) is 0 Å². The molecule has 6 heteroatoms. The molecule has 0 amide bonds. The number of benzene rings is 1. The first-order valence-electron chi connectivity index (χ1n) is 6.79. The number of hydrogen-bond acceptors (Lipinski definition) is 6. The Bertz CT molecular complexity index is 530. The Morgan fingerprint density at radius 2 is 2.10 bits per heavy atom. The molecule has 1 fully saturated rings. The van der Waals surface area contributed by atoms with E-state index < -0.39 is 12.1 Å². The lowest BCUT2D eigenvalue weighted by Crippen LogP contribution is -2.41. The Morgan fingerprint density at radius 3 is 2.71 bits per heavy atom. The number of aliphatic hydroxyl groups excluding tert-OH is 1. The number of ether oxygens (including phenoxy) is 1. The van der Waals surface area contributed by atoms with Crippen molar-refractivity contribution in [2.75, 3.05) is 20.7 Å². The molecule has 1 unspecified atom stereocenters. The summed E-state index contributed by atoms with van der Waals surface area (Å²) in [6.45, 7) is 2.63. The normalized spacial score (nSPS) is 21.5. The topological polar surface area (TPSA) is 62.2 Å². The molecule has 0 aromatic heterocycles. The van der Waals surface area contributed by atoms with E-state index in [4.69, 9.17) is 9.57 Å². The van der Waals surface area contributed by atoms with E-state index >= 15 is 0 Å². The zero-order valence-corrected chi connectivity index (χ0v) is 12.4. The summed E-state index contributed by atoms with van der Waals surface area (Å²) >= 11 is 0. The van der Waals surface area contributed by atoms with Gasteiger partial charge in [-0.2, -0.15) is 0 Å². The molecule has 0 aliphatic carbocycles. The van der Waals surface area contributed by atoms with Crippen LogP contribution in [-0.2, 0) is 20.9 Å². The smallest absolute Gasteiger partial charge is 0.363 e. The molecule has 0 spiro atoms. The zero-order chi connectivity index (χ0) is 15.4. The highest BCUT2D eigenvalue weighted by atomic mass is 16.7. The first-order valence-corrected chi connectivity index (χ1v) is 6.79. The van der Waals surface area contributed by atoms with Crippen molar-refractivity contribution in [3.8, 4) is 0 Å². The lowest BCUT2D eigenvalue weighted by molar-refractivity contribution is -0.175. The molecule has 0 radical (unpaired) electrons. The summed E-state index contributed by atoms with van der Waals surface area (Å²) in [7, 11) is 3.51. The van der Waals surface area contributed by atoms with Gasteiger partial charge in [-0.3, -0.25) is 4.90 Å². The number of likely N-dealkylation sites (N-methyl/N-ethyl adjacent to an activating group) is 2. The SMILES string of the molecule is CCO/C(O)=C1\C(=O)ON(C)C1N(C)Cc1ccccc1. The van der Waals surface area contributed by atoms with Crippen LogP contribution in [0.2, 0.25) is 0 Å². The number of carbonyl (C=O) groups excluding carboxylic acids is 1. The van der Waals surface area contributed by atoms with E-state index in [1.165, 1.54) is 5.06 Å². The van der Waals surface area contributed by atoms with Gasteiger partial charge >= 0.3 is 5.97 Å². The number of hydroxylamine groups is 2. The minimum Gasteiger partial charge on any atom is -0.481 e. The third-order valence-electron chi connectivity index (χ3n) is 3.25. The summed E-state index contributed by atoms with van der Waals surface area (Å²) in [5, 5.41) is 11.3. The monoisotopic (exact) mass is 292 g/mol. The molecule has 1 aromatic rings. The average molecular weight is 292 g/mol. The van der Waals surface area contributed by atoms with Crippen molar-refractivity contribution in [1.82, 2.24) is 9.96 Å².